The van der Waals surface area contributed by atoms with E-state index in [1.54, 1.807) is 6.21 Å². The van der Waals surface area contributed by atoms with E-state index in [0.29, 0.717) is 22.6 Å². The van der Waals surface area contributed by atoms with Crippen molar-refractivity contribution in [3.05, 3.63) is 53.9 Å². The van der Waals surface area contributed by atoms with Crippen LogP contribution >= 0.6 is 0 Å². The van der Waals surface area contributed by atoms with E-state index in [1.807, 2.05) is 25.1 Å². The van der Waals surface area contributed by atoms with Gasteiger partial charge >= 0.3 is 0 Å². The topological polar surface area (TPSA) is 42.5 Å². The largest absolute Gasteiger partial charge is 0.327 e. The Bertz CT molecular complexity index is 1070. The number of nitrogens with zero attached hydrogens (tertiary/aromatic N) is 4. The minimum absolute atomic E-state index is 0.291. The van der Waals surface area contributed by atoms with Crippen LogP contribution in [-0.4, -0.2) is 22.5 Å². The van der Waals surface area contributed by atoms with Gasteiger partial charge in [-0.25, -0.2) is 13.8 Å². The molecule has 1 aromatic heterocycles. The lowest BCUT2D eigenvalue weighted by Crippen LogP contribution is -1.97. The monoisotopic (exact) mass is 364 g/mol. The van der Waals surface area contributed by atoms with Crippen molar-refractivity contribution >= 4 is 24.3 Å². The van der Waals surface area contributed by atoms with Gasteiger partial charge in [-0.1, -0.05) is 6.07 Å². The fourth-order valence-electron chi connectivity index (χ4n) is 3.54. The zero-order chi connectivity index (χ0) is 19.0. The van der Waals surface area contributed by atoms with Crippen molar-refractivity contribution in [2.45, 2.75) is 26.3 Å². The quantitative estimate of drug-likeness (QED) is 0.564. The van der Waals surface area contributed by atoms with Gasteiger partial charge in [-0.3, -0.25) is 9.98 Å². The molecule has 0 amide bonds. The molecule has 0 N–H and O–H groups in total. The zero-order valence-corrected chi connectivity index (χ0v) is 14.9. The highest BCUT2D eigenvalue weighted by Crippen LogP contribution is 2.40. The second-order valence-corrected chi connectivity index (χ2v) is 6.35. The number of fused-ring (bicyclic) bond motifs is 1. The minimum Gasteiger partial charge on any atom is -0.327 e. The summed E-state index contributed by atoms with van der Waals surface area (Å²) in [7, 11) is 0. The number of aryl methyl sites for hydroxylation is 1. The molecule has 1 aliphatic rings. The van der Waals surface area contributed by atoms with Gasteiger partial charge in [0.15, 0.2) is 0 Å². The van der Waals surface area contributed by atoms with Gasteiger partial charge in [-0.15, -0.1) is 0 Å². The Kier molecular flexibility index (Phi) is 4.39. The number of benzene rings is 2. The summed E-state index contributed by atoms with van der Waals surface area (Å²) in [6.07, 6.45) is 3.52. The molecule has 2 aromatic carbocycles. The van der Waals surface area contributed by atoms with Gasteiger partial charge in [0.05, 0.1) is 22.8 Å². The van der Waals surface area contributed by atoms with Crippen molar-refractivity contribution in [1.82, 2.24) is 9.55 Å². The Morgan fingerprint density at radius 1 is 1.15 bits per heavy atom. The molecule has 2 heterocycles. The van der Waals surface area contributed by atoms with Crippen molar-refractivity contribution in [3.8, 4) is 22.5 Å². The molecule has 0 bridgehead atoms. The molecular formula is C21H18F2N4. The first-order chi connectivity index (χ1) is 13.1. The normalized spacial score (nSPS) is 13.3. The van der Waals surface area contributed by atoms with Crippen molar-refractivity contribution in [2.24, 2.45) is 9.98 Å². The molecule has 0 radical (unpaired) electrons. The molecular weight excluding hydrogens is 346 g/mol. The van der Waals surface area contributed by atoms with E-state index in [9.17, 15) is 8.78 Å². The molecule has 0 unspecified atom stereocenters. The molecule has 0 saturated carbocycles. The fourth-order valence-corrected chi connectivity index (χ4v) is 3.54. The number of aliphatic imine (C=N–C) groups is 2. The van der Waals surface area contributed by atoms with Crippen LogP contribution in [0.1, 0.15) is 19.2 Å². The molecule has 3 aromatic rings. The lowest BCUT2D eigenvalue weighted by molar-refractivity contribution is 0.585. The third-order valence-electron chi connectivity index (χ3n) is 4.70. The molecule has 6 heteroatoms. The summed E-state index contributed by atoms with van der Waals surface area (Å²) in [5.74, 6) is -0.315. The Morgan fingerprint density at radius 3 is 2.74 bits per heavy atom. The van der Waals surface area contributed by atoms with Crippen LogP contribution in [-0.2, 0) is 13.0 Å². The van der Waals surface area contributed by atoms with E-state index in [0.717, 1.165) is 42.5 Å². The van der Waals surface area contributed by atoms with Gasteiger partial charge in [-0.05, 0) is 44.3 Å². The van der Waals surface area contributed by atoms with Crippen LogP contribution in [0.4, 0.5) is 20.2 Å². The molecule has 4 nitrogen and oxygen atoms in total. The van der Waals surface area contributed by atoms with Crippen LogP contribution in [0.25, 0.3) is 22.5 Å². The van der Waals surface area contributed by atoms with Crippen LogP contribution in [0.2, 0.25) is 0 Å². The summed E-state index contributed by atoms with van der Waals surface area (Å²) >= 11 is 0. The van der Waals surface area contributed by atoms with Gasteiger partial charge < -0.3 is 4.57 Å². The van der Waals surface area contributed by atoms with E-state index in [2.05, 4.69) is 26.3 Å². The molecule has 136 valence electrons. The number of rotatable bonds is 4. The number of halogens is 2. The maximum Gasteiger partial charge on any atom is 0.135 e. The molecule has 1 aliphatic heterocycles. The summed E-state index contributed by atoms with van der Waals surface area (Å²) in [6.45, 7) is 6.23. The molecule has 0 fully saturated rings. The minimum atomic E-state index is -0.621. The van der Waals surface area contributed by atoms with Crippen molar-refractivity contribution < 1.29 is 8.78 Å². The predicted molar refractivity (Wildman–Crippen MR) is 104 cm³/mol. The average Bonchev–Trinajstić information content (AvgIpc) is 3.23. The smallest absolute Gasteiger partial charge is 0.135 e. The van der Waals surface area contributed by atoms with Crippen molar-refractivity contribution in [1.29, 1.82) is 0 Å². The maximum absolute atomic E-state index is 14.5. The number of aromatic nitrogens is 2. The number of hydrogen-bond donors (Lipinski definition) is 0. The van der Waals surface area contributed by atoms with Crippen LogP contribution in [0, 0.1) is 11.6 Å². The second-order valence-electron chi connectivity index (χ2n) is 6.35. The maximum atomic E-state index is 14.5. The van der Waals surface area contributed by atoms with E-state index >= 15 is 0 Å². The molecule has 4 rings (SSSR count). The summed E-state index contributed by atoms with van der Waals surface area (Å²) in [5, 5.41) is 0. The number of imidazole rings is 1. The van der Waals surface area contributed by atoms with Gasteiger partial charge in [0, 0.05) is 36.4 Å². The third-order valence-corrected chi connectivity index (χ3v) is 4.70. The summed E-state index contributed by atoms with van der Waals surface area (Å²) in [4.78, 5) is 13.0. The predicted octanol–water partition coefficient (Wildman–Crippen LogP) is 5.50. The van der Waals surface area contributed by atoms with Crippen LogP contribution < -0.4 is 0 Å². The summed E-state index contributed by atoms with van der Waals surface area (Å²) in [6, 6.07) is 9.23. The Balaban J connectivity index is 1.95. The van der Waals surface area contributed by atoms with Gasteiger partial charge in [0.25, 0.3) is 0 Å². The van der Waals surface area contributed by atoms with E-state index in [-0.39, 0.29) is 0 Å². The molecule has 0 spiro atoms. The highest BCUT2D eigenvalue weighted by atomic mass is 19.1. The standard InChI is InChI=1S/C21H18F2N4/c1-3-25-18-11-13(6-9-17(18)24-2)21-20(26-19-5-4-10-27(19)21)15-8-7-14(22)12-16(15)23/h3,6-9,11-12H,2,4-5,10H2,1H3. The molecule has 0 saturated heterocycles. The van der Waals surface area contributed by atoms with Gasteiger partial charge in [0.1, 0.15) is 17.5 Å². The average molecular weight is 364 g/mol. The van der Waals surface area contributed by atoms with Gasteiger partial charge in [-0.2, -0.15) is 0 Å². The Morgan fingerprint density at radius 2 is 2.00 bits per heavy atom. The van der Waals surface area contributed by atoms with E-state index < -0.39 is 11.6 Å². The lowest BCUT2D eigenvalue weighted by Gasteiger charge is -2.11. The molecule has 0 aliphatic carbocycles. The highest BCUT2D eigenvalue weighted by molar-refractivity contribution is 5.84. The lowest BCUT2D eigenvalue weighted by atomic mass is 10.0. The zero-order valence-electron chi connectivity index (χ0n) is 14.9. The first-order valence-electron chi connectivity index (χ1n) is 8.77. The molecule has 0 atom stereocenters. The van der Waals surface area contributed by atoms with Crippen LogP contribution in [0.5, 0.6) is 0 Å². The fraction of sp³-hybridized carbons (Fsp3) is 0.190. The van der Waals surface area contributed by atoms with Crippen molar-refractivity contribution in [2.75, 3.05) is 0 Å². The van der Waals surface area contributed by atoms with E-state index in [4.69, 9.17) is 0 Å². The number of hydrogen-bond acceptors (Lipinski definition) is 3. The third kappa shape index (κ3) is 2.97. The molecule has 27 heavy (non-hydrogen) atoms. The first-order valence-corrected chi connectivity index (χ1v) is 8.77. The van der Waals surface area contributed by atoms with Crippen LogP contribution in [0.15, 0.2) is 46.4 Å². The van der Waals surface area contributed by atoms with Crippen LogP contribution in [0.3, 0.4) is 0 Å². The van der Waals surface area contributed by atoms with Crippen molar-refractivity contribution in [3.63, 3.8) is 0 Å². The highest BCUT2D eigenvalue weighted by Gasteiger charge is 2.25. The Labute approximate surface area is 155 Å². The first kappa shape index (κ1) is 17.3. The Hall–Kier alpha value is -3.15. The summed E-state index contributed by atoms with van der Waals surface area (Å²) in [5.41, 5.74) is 3.85. The summed E-state index contributed by atoms with van der Waals surface area (Å²) < 4.78 is 30.0. The SMILES string of the molecule is C=Nc1ccc(-c2c(-c3ccc(F)cc3F)nc3n2CCC3)cc1N=CC. The second kappa shape index (κ2) is 6.87. The van der Waals surface area contributed by atoms with E-state index in [1.165, 1.54) is 12.1 Å². The van der Waals surface area contributed by atoms with Gasteiger partial charge in [0.2, 0.25) is 0 Å².